The van der Waals surface area contributed by atoms with E-state index in [1.807, 2.05) is 49.4 Å². The molecular formula is C25H20N4O4S. The molecule has 3 aromatic carbocycles. The normalized spacial score (nSPS) is 11.4. The van der Waals surface area contributed by atoms with Crippen LogP contribution in [-0.2, 0) is 4.79 Å². The number of thiazole rings is 1. The third-order valence-electron chi connectivity index (χ3n) is 4.88. The van der Waals surface area contributed by atoms with Gasteiger partial charge in [0.25, 0.3) is 11.6 Å². The zero-order valence-corrected chi connectivity index (χ0v) is 19.2. The van der Waals surface area contributed by atoms with E-state index in [-0.39, 0.29) is 5.69 Å². The number of anilines is 1. The average molecular weight is 473 g/mol. The van der Waals surface area contributed by atoms with Gasteiger partial charge in [-0.15, -0.1) is 0 Å². The van der Waals surface area contributed by atoms with E-state index in [0.29, 0.717) is 10.7 Å². The van der Waals surface area contributed by atoms with Gasteiger partial charge in [0.05, 0.1) is 28.5 Å². The van der Waals surface area contributed by atoms with Crippen molar-refractivity contribution in [3.63, 3.8) is 0 Å². The highest BCUT2D eigenvalue weighted by atomic mass is 32.1. The highest BCUT2D eigenvalue weighted by Crippen LogP contribution is 2.30. The molecule has 0 radical (unpaired) electrons. The number of amides is 1. The van der Waals surface area contributed by atoms with Gasteiger partial charge in [-0.25, -0.2) is 4.98 Å². The van der Waals surface area contributed by atoms with Crippen LogP contribution in [0.25, 0.3) is 16.3 Å². The molecule has 8 nitrogen and oxygen atoms in total. The first-order valence-electron chi connectivity index (χ1n) is 10.2. The largest absolute Gasteiger partial charge is 0.497 e. The molecule has 0 aliphatic heterocycles. The molecule has 0 unspecified atom stereocenters. The van der Waals surface area contributed by atoms with Crippen molar-refractivity contribution in [2.45, 2.75) is 6.92 Å². The number of nitro benzene ring substituents is 1. The average Bonchev–Trinajstić information content (AvgIpc) is 3.26. The number of aromatic nitrogens is 1. The maximum atomic E-state index is 13.1. The molecule has 0 fully saturated rings. The molecule has 0 spiro atoms. The minimum atomic E-state index is -0.469. The molecule has 0 saturated heterocycles. The first-order chi connectivity index (χ1) is 16.4. The number of nitro groups is 1. The number of rotatable bonds is 7. The summed E-state index contributed by atoms with van der Waals surface area (Å²) in [6.07, 6.45) is 4.53. The summed E-state index contributed by atoms with van der Waals surface area (Å²) < 4.78 is 6.13. The Morgan fingerprint density at radius 1 is 1.09 bits per heavy atom. The van der Waals surface area contributed by atoms with Crippen molar-refractivity contribution < 1.29 is 14.5 Å². The number of aryl methyl sites for hydroxylation is 1. The van der Waals surface area contributed by atoms with Crippen molar-refractivity contribution in [3.8, 4) is 5.75 Å². The SMILES string of the molecule is COc1ccc(/C=N/N(C(=O)/C=C/c2ccc([N+](=O)[O-])cc2)c2nc3ccc(C)cc3s2)cc1. The Labute approximate surface area is 199 Å². The lowest BCUT2D eigenvalue weighted by Crippen LogP contribution is -2.23. The Morgan fingerprint density at radius 3 is 2.47 bits per heavy atom. The number of fused-ring (bicyclic) bond motifs is 1. The summed E-state index contributed by atoms with van der Waals surface area (Å²) >= 11 is 1.37. The van der Waals surface area contributed by atoms with Crippen LogP contribution in [-0.4, -0.2) is 29.1 Å². The van der Waals surface area contributed by atoms with Gasteiger partial charge in [0, 0.05) is 18.2 Å². The molecule has 0 aliphatic rings. The maximum absolute atomic E-state index is 13.1. The molecule has 0 N–H and O–H groups in total. The van der Waals surface area contributed by atoms with Gasteiger partial charge in [-0.05, 0) is 78.2 Å². The molecule has 170 valence electrons. The van der Waals surface area contributed by atoms with Crippen molar-refractivity contribution >= 4 is 50.6 Å². The summed E-state index contributed by atoms with van der Waals surface area (Å²) in [6.45, 7) is 2.00. The van der Waals surface area contributed by atoms with Crippen LogP contribution in [0, 0.1) is 17.0 Å². The maximum Gasteiger partial charge on any atom is 0.273 e. The Kier molecular flexibility index (Phi) is 6.74. The number of hydrogen-bond donors (Lipinski definition) is 0. The molecule has 1 aromatic heterocycles. The van der Waals surface area contributed by atoms with Gasteiger partial charge in [0.1, 0.15) is 5.75 Å². The van der Waals surface area contributed by atoms with Crippen LogP contribution in [0.1, 0.15) is 16.7 Å². The Balaban J connectivity index is 1.64. The van der Waals surface area contributed by atoms with E-state index >= 15 is 0 Å². The van der Waals surface area contributed by atoms with Crippen molar-refractivity contribution in [3.05, 3.63) is 99.6 Å². The lowest BCUT2D eigenvalue weighted by Gasteiger charge is -2.11. The third-order valence-corrected chi connectivity index (χ3v) is 5.88. The third kappa shape index (κ3) is 5.33. The number of ether oxygens (including phenoxy) is 1. The zero-order valence-electron chi connectivity index (χ0n) is 18.4. The Hall–Kier alpha value is -4.37. The highest BCUT2D eigenvalue weighted by Gasteiger charge is 2.17. The van der Waals surface area contributed by atoms with Crippen molar-refractivity contribution in [1.82, 2.24) is 4.98 Å². The van der Waals surface area contributed by atoms with Gasteiger partial charge < -0.3 is 4.74 Å². The van der Waals surface area contributed by atoms with Crippen molar-refractivity contribution in [2.75, 3.05) is 12.1 Å². The number of non-ortho nitro benzene ring substituents is 1. The van der Waals surface area contributed by atoms with Gasteiger partial charge in [0.2, 0.25) is 5.13 Å². The van der Waals surface area contributed by atoms with Crippen molar-refractivity contribution in [2.24, 2.45) is 5.10 Å². The van der Waals surface area contributed by atoms with Crippen LogP contribution >= 0.6 is 11.3 Å². The van der Waals surface area contributed by atoms with Gasteiger partial charge in [-0.3, -0.25) is 14.9 Å². The number of carbonyl (C=O) groups excluding carboxylic acids is 1. The van der Waals surface area contributed by atoms with E-state index in [9.17, 15) is 14.9 Å². The molecule has 4 rings (SSSR count). The summed E-state index contributed by atoms with van der Waals surface area (Å²) in [5.74, 6) is 0.316. The number of hydrazone groups is 1. The predicted octanol–water partition coefficient (Wildman–Crippen LogP) is 5.60. The minimum absolute atomic E-state index is 0.0148. The van der Waals surface area contributed by atoms with Crippen molar-refractivity contribution in [1.29, 1.82) is 0 Å². The minimum Gasteiger partial charge on any atom is -0.497 e. The van der Waals surface area contributed by atoms with Crippen LogP contribution in [0.15, 0.2) is 77.9 Å². The molecule has 0 bridgehead atoms. The van der Waals surface area contributed by atoms with E-state index in [1.165, 1.54) is 34.6 Å². The first kappa shape index (κ1) is 22.8. The molecule has 1 heterocycles. The highest BCUT2D eigenvalue weighted by molar-refractivity contribution is 7.22. The monoisotopic (exact) mass is 472 g/mol. The zero-order chi connectivity index (χ0) is 24.1. The molecular weight excluding hydrogens is 452 g/mol. The molecule has 1 amide bonds. The Morgan fingerprint density at radius 2 is 1.79 bits per heavy atom. The van der Waals surface area contributed by atoms with Crippen LogP contribution in [0.3, 0.4) is 0 Å². The van der Waals surface area contributed by atoms with E-state index < -0.39 is 10.8 Å². The van der Waals surface area contributed by atoms with Gasteiger partial charge >= 0.3 is 0 Å². The molecule has 0 saturated carbocycles. The van der Waals surface area contributed by atoms with Crippen LogP contribution in [0.4, 0.5) is 10.8 Å². The lowest BCUT2D eigenvalue weighted by atomic mass is 10.2. The summed E-state index contributed by atoms with van der Waals surface area (Å²) in [6, 6.07) is 19.1. The summed E-state index contributed by atoms with van der Waals surface area (Å²) in [5, 5.41) is 16.9. The van der Waals surface area contributed by atoms with Crippen LogP contribution in [0.2, 0.25) is 0 Å². The van der Waals surface area contributed by atoms with Crippen LogP contribution < -0.4 is 9.75 Å². The molecule has 4 aromatic rings. The predicted molar refractivity (Wildman–Crippen MR) is 135 cm³/mol. The van der Waals surface area contributed by atoms with E-state index in [4.69, 9.17) is 4.74 Å². The topological polar surface area (TPSA) is 97.9 Å². The number of methoxy groups -OCH3 is 1. The lowest BCUT2D eigenvalue weighted by molar-refractivity contribution is -0.384. The Bertz CT molecular complexity index is 1390. The quantitative estimate of drug-likeness (QED) is 0.151. The fourth-order valence-electron chi connectivity index (χ4n) is 3.07. The molecule has 9 heteroatoms. The molecule has 0 aliphatic carbocycles. The fraction of sp³-hybridized carbons (Fsp3) is 0.0800. The van der Waals surface area contributed by atoms with E-state index in [2.05, 4.69) is 10.1 Å². The standard InChI is InChI=1S/C25H20N4O4S/c1-17-3-13-22-23(15-17)34-25(27-22)28(26-16-19-6-11-21(33-2)12-7-19)24(30)14-8-18-4-9-20(10-5-18)29(31)32/h3-16H,1-2H3/b14-8+,26-16+. The number of benzene rings is 3. The summed E-state index contributed by atoms with van der Waals surface area (Å²) in [7, 11) is 1.59. The molecule has 0 atom stereocenters. The fourth-order valence-corrected chi connectivity index (χ4v) is 4.10. The number of hydrogen-bond acceptors (Lipinski definition) is 7. The van der Waals surface area contributed by atoms with Gasteiger partial charge in [-0.1, -0.05) is 17.4 Å². The summed E-state index contributed by atoms with van der Waals surface area (Å²) in [5.41, 5.74) is 3.30. The first-order valence-corrected chi connectivity index (χ1v) is 11.1. The van der Waals surface area contributed by atoms with Gasteiger partial charge in [-0.2, -0.15) is 10.1 Å². The van der Waals surface area contributed by atoms with E-state index in [0.717, 1.165) is 27.1 Å². The van der Waals surface area contributed by atoms with Gasteiger partial charge in [0.15, 0.2) is 0 Å². The smallest absolute Gasteiger partial charge is 0.273 e. The number of carbonyl (C=O) groups is 1. The van der Waals surface area contributed by atoms with Crippen LogP contribution in [0.5, 0.6) is 5.75 Å². The second-order valence-electron chi connectivity index (χ2n) is 7.32. The van der Waals surface area contributed by atoms with E-state index in [1.54, 1.807) is 31.5 Å². The summed E-state index contributed by atoms with van der Waals surface area (Å²) in [4.78, 5) is 28.1. The molecule has 34 heavy (non-hydrogen) atoms. The second-order valence-corrected chi connectivity index (χ2v) is 8.33. The second kappa shape index (κ2) is 10.1. The number of nitrogens with zero attached hydrogens (tertiary/aromatic N) is 4.